The Morgan fingerprint density at radius 3 is 2.21 bits per heavy atom. The van der Waals surface area contributed by atoms with Crippen LogP contribution in [0, 0.1) is 22.7 Å². The first kappa shape index (κ1) is 24.4. The molecule has 0 fully saturated rings. The third-order valence-corrected chi connectivity index (χ3v) is 5.73. The van der Waals surface area contributed by atoms with E-state index in [1.54, 1.807) is 31.2 Å². The standard InChI is InChI=1S/C22H18N6O4S2/c1-2-32-21-18(13-24)19(26-15-8-10-16(11-9-15)34(25,30)31)17(12-23)20(29)28(21)22(33)27-14-6-4-3-5-7-14/h3-11,26H,2H2,1H3,(H,27,33)(H2,25,30,31). The van der Waals surface area contributed by atoms with Crippen LogP contribution < -0.4 is 26.1 Å². The number of anilines is 3. The number of primary sulfonamides is 1. The summed E-state index contributed by atoms with van der Waals surface area (Å²) in [6.45, 7) is 1.78. The van der Waals surface area contributed by atoms with Gasteiger partial charge in [-0.2, -0.15) is 10.5 Å². The van der Waals surface area contributed by atoms with Gasteiger partial charge in [0, 0.05) is 11.4 Å². The highest BCUT2D eigenvalue weighted by Crippen LogP contribution is 2.30. The molecule has 0 amide bonds. The maximum Gasteiger partial charge on any atom is 0.279 e. The SMILES string of the molecule is CCOc1c(C#N)c(Nc2ccc(S(N)(=O)=O)cc2)c(C#N)c(=O)n1C(=S)Nc1ccccc1. The minimum Gasteiger partial charge on any atom is -0.478 e. The molecule has 0 saturated heterocycles. The number of nitrogens with zero attached hydrogens (tertiary/aromatic N) is 3. The Bertz CT molecular complexity index is 1490. The second-order valence-corrected chi connectivity index (χ2v) is 8.67. The van der Waals surface area contributed by atoms with Gasteiger partial charge in [-0.05, 0) is 55.5 Å². The molecule has 3 rings (SSSR count). The van der Waals surface area contributed by atoms with Gasteiger partial charge in [-0.15, -0.1) is 0 Å². The lowest BCUT2D eigenvalue weighted by Gasteiger charge is -2.20. The van der Waals surface area contributed by atoms with Crippen molar-refractivity contribution < 1.29 is 13.2 Å². The predicted octanol–water partition coefficient (Wildman–Crippen LogP) is 2.63. The van der Waals surface area contributed by atoms with Crippen molar-refractivity contribution in [3.05, 3.63) is 76.1 Å². The number of hydrogen-bond acceptors (Lipinski definition) is 8. The monoisotopic (exact) mass is 494 g/mol. The van der Waals surface area contributed by atoms with Gasteiger partial charge in [-0.3, -0.25) is 4.79 Å². The summed E-state index contributed by atoms with van der Waals surface area (Å²) in [6, 6.07) is 17.9. The Kier molecular flexibility index (Phi) is 7.28. The lowest BCUT2D eigenvalue weighted by atomic mass is 10.1. The minimum atomic E-state index is -3.91. The molecule has 0 bridgehead atoms. The number of sulfonamides is 1. The Morgan fingerprint density at radius 1 is 1.06 bits per heavy atom. The van der Waals surface area contributed by atoms with Gasteiger partial charge in [0.25, 0.3) is 5.56 Å². The lowest BCUT2D eigenvalue weighted by molar-refractivity contribution is 0.319. The average molecular weight is 495 g/mol. The highest BCUT2D eigenvalue weighted by Gasteiger charge is 2.25. The molecule has 0 aliphatic rings. The molecule has 0 unspecified atom stereocenters. The van der Waals surface area contributed by atoms with E-state index in [-0.39, 0.29) is 39.3 Å². The molecule has 12 heteroatoms. The van der Waals surface area contributed by atoms with Gasteiger partial charge >= 0.3 is 0 Å². The van der Waals surface area contributed by atoms with E-state index in [0.29, 0.717) is 11.4 Å². The highest BCUT2D eigenvalue weighted by atomic mass is 32.2. The molecule has 0 atom stereocenters. The molecular formula is C22H18N6O4S2. The van der Waals surface area contributed by atoms with Crippen LogP contribution >= 0.6 is 12.2 Å². The summed E-state index contributed by atoms with van der Waals surface area (Å²) in [5, 5.41) is 30.4. The number of ether oxygens (including phenoxy) is 1. The summed E-state index contributed by atoms with van der Waals surface area (Å²) < 4.78 is 29.5. The number of nitriles is 2. The van der Waals surface area contributed by atoms with Crippen LogP contribution in [0.1, 0.15) is 18.1 Å². The fourth-order valence-corrected chi connectivity index (χ4v) is 3.82. The average Bonchev–Trinajstić information content (AvgIpc) is 2.80. The van der Waals surface area contributed by atoms with E-state index in [4.69, 9.17) is 22.1 Å². The van der Waals surface area contributed by atoms with Crippen molar-refractivity contribution >= 4 is 44.4 Å². The van der Waals surface area contributed by atoms with Crippen LogP contribution in [0.3, 0.4) is 0 Å². The summed E-state index contributed by atoms with van der Waals surface area (Å²) in [5.74, 6) is -0.147. The van der Waals surface area contributed by atoms with Crippen LogP contribution in [-0.4, -0.2) is 24.7 Å². The Labute approximate surface area is 200 Å². The first-order chi connectivity index (χ1) is 16.2. The molecule has 172 valence electrons. The van der Waals surface area contributed by atoms with Crippen molar-refractivity contribution in [1.29, 1.82) is 10.5 Å². The number of nitrogens with two attached hydrogens (primary N) is 1. The van der Waals surface area contributed by atoms with Crippen LogP contribution in [0.25, 0.3) is 0 Å². The number of hydrogen-bond donors (Lipinski definition) is 3. The van der Waals surface area contributed by atoms with Crippen molar-refractivity contribution in [3.8, 4) is 18.0 Å². The third-order valence-electron chi connectivity index (χ3n) is 4.52. The topological polar surface area (TPSA) is 163 Å². The molecular weight excluding hydrogens is 476 g/mol. The minimum absolute atomic E-state index is 0.0864. The summed E-state index contributed by atoms with van der Waals surface area (Å²) in [6.07, 6.45) is 0. The molecule has 0 radical (unpaired) electrons. The van der Waals surface area contributed by atoms with Gasteiger partial charge < -0.3 is 15.4 Å². The summed E-state index contributed by atoms with van der Waals surface area (Å²) in [7, 11) is -3.91. The number of nitrogens with one attached hydrogen (secondary N) is 2. The number of para-hydroxylation sites is 1. The van der Waals surface area contributed by atoms with Crippen LogP contribution in [0.2, 0.25) is 0 Å². The van der Waals surface area contributed by atoms with E-state index in [9.17, 15) is 23.7 Å². The molecule has 4 N–H and O–H groups in total. The second kappa shape index (κ2) is 10.1. The van der Waals surface area contributed by atoms with E-state index in [1.807, 2.05) is 18.2 Å². The van der Waals surface area contributed by atoms with Crippen molar-refractivity contribution in [2.45, 2.75) is 11.8 Å². The van der Waals surface area contributed by atoms with E-state index in [2.05, 4.69) is 10.6 Å². The van der Waals surface area contributed by atoms with Crippen LogP contribution in [0.5, 0.6) is 5.88 Å². The van der Waals surface area contributed by atoms with E-state index >= 15 is 0 Å². The van der Waals surface area contributed by atoms with Gasteiger partial charge in [0.2, 0.25) is 15.9 Å². The molecule has 10 nitrogen and oxygen atoms in total. The van der Waals surface area contributed by atoms with Crippen molar-refractivity contribution in [2.75, 3.05) is 17.2 Å². The molecule has 0 aliphatic heterocycles. The van der Waals surface area contributed by atoms with Gasteiger partial charge in [-0.1, -0.05) is 18.2 Å². The maximum atomic E-state index is 13.3. The van der Waals surface area contributed by atoms with Crippen molar-refractivity contribution in [2.24, 2.45) is 5.14 Å². The summed E-state index contributed by atoms with van der Waals surface area (Å²) >= 11 is 5.39. The predicted molar refractivity (Wildman–Crippen MR) is 130 cm³/mol. The Hall–Kier alpha value is -4.23. The molecule has 0 aliphatic carbocycles. The number of aromatic nitrogens is 1. The van der Waals surface area contributed by atoms with Crippen LogP contribution in [0.4, 0.5) is 17.1 Å². The molecule has 0 spiro atoms. The van der Waals surface area contributed by atoms with Crippen LogP contribution in [0.15, 0.2) is 64.3 Å². The lowest BCUT2D eigenvalue weighted by Crippen LogP contribution is -2.35. The Balaban J connectivity index is 2.16. The Morgan fingerprint density at radius 2 is 1.68 bits per heavy atom. The van der Waals surface area contributed by atoms with Crippen molar-refractivity contribution in [3.63, 3.8) is 0 Å². The highest BCUT2D eigenvalue weighted by molar-refractivity contribution is 7.89. The van der Waals surface area contributed by atoms with E-state index in [1.165, 1.54) is 24.3 Å². The zero-order valence-corrected chi connectivity index (χ0v) is 19.4. The normalized spacial score (nSPS) is 10.6. The van der Waals surface area contributed by atoms with Crippen molar-refractivity contribution in [1.82, 2.24) is 4.57 Å². The number of rotatable bonds is 6. The largest absolute Gasteiger partial charge is 0.478 e. The quantitative estimate of drug-likeness (QED) is 0.437. The first-order valence-corrected chi connectivity index (χ1v) is 11.7. The zero-order valence-electron chi connectivity index (χ0n) is 17.8. The van der Waals surface area contributed by atoms with E-state index in [0.717, 1.165) is 4.57 Å². The fourth-order valence-electron chi connectivity index (χ4n) is 3.02. The second-order valence-electron chi connectivity index (χ2n) is 6.72. The van der Waals surface area contributed by atoms with Gasteiger partial charge in [0.05, 0.1) is 17.2 Å². The summed E-state index contributed by atoms with van der Waals surface area (Å²) in [5.41, 5.74) is -0.512. The fraction of sp³-hybridized carbons (Fsp3) is 0.0909. The van der Waals surface area contributed by atoms with Crippen LogP contribution in [-0.2, 0) is 10.0 Å². The molecule has 2 aromatic carbocycles. The molecule has 34 heavy (non-hydrogen) atoms. The summed E-state index contributed by atoms with van der Waals surface area (Å²) in [4.78, 5) is 13.2. The number of thiocarbonyl (C=S) groups is 1. The van der Waals surface area contributed by atoms with Gasteiger partial charge in [-0.25, -0.2) is 18.1 Å². The van der Waals surface area contributed by atoms with Gasteiger partial charge in [0.1, 0.15) is 23.3 Å². The maximum absolute atomic E-state index is 13.3. The first-order valence-electron chi connectivity index (χ1n) is 9.73. The van der Waals surface area contributed by atoms with E-state index < -0.39 is 15.6 Å². The number of benzene rings is 2. The zero-order chi connectivity index (χ0) is 24.9. The number of pyridine rings is 1. The third kappa shape index (κ3) is 5.05. The molecule has 1 heterocycles. The smallest absolute Gasteiger partial charge is 0.279 e. The molecule has 1 aromatic heterocycles. The molecule has 0 saturated carbocycles. The van der Waals surface area contributed by atoms with Gasteiger partial charge in [0.15, 0.2) is 5.11 Å². The molecule has 3 aromatic rings.